The first-order valence-electron chi connectivity index (χ1n) is 11.8. The molecule has 8 heteroatoms. The van der Waals surface area contributed by atoms with Gasteiger partial charge in [0, 0.05) is 5.69 Å². The highest BCUT2D eigenvalue weighted by atomic mass is 32.2. The van der Waals surface area contributed by atoms with Gasteiger partial charge in [-0.25, -0.2) is 0 Å². The normalized spacial score (nSPS) is 15.1. The summed E-state index contributed by atoms with van der Waals surface area (Å²) in [6, 6.07) is 20.8. The molecule has 3 aromatic rings. The van der Waals surface area contributed by atoms with E-state index in [1.54, 1.807) is 23.1 Å². The van der Waals surface area contributed by atoms with Crippen LogP contribution in [0.3, 0.4) is 0 Å². The van der Waals surface area contributed by atoms with Crippen LogP contribution in [-0.2, 0) is 9.59 Å². The minimum absolute atomic E-state index is 0.131. The fraction of sp³-hybridized carbons (Fsp3) is 0.207. The molecule has 1 saturated heterocycles. The molecule has 0 radical (unpaired) electrons. The maximum absolute atomic E-state index is 13.2. The molecule has 2 amide bonds. The first-order valence-corrected chi connectivity index (χ1v) is 13.0. The predicted octanol–water partition coefficient (Wildman–Crippen LogP) is 6.29. The fourth-order valence-electron chi connectivity index (χ4n) is 4.07. The van der Waals surface area contributed by atoms with E-state index in [1.165, 1.54) is 18.9 Å². The molecule has 0 saturated carbocycles. The van der Waals surface area contributed by atoms with Crippen LogP contribution in [0.15, 0.2) is 71.6 Å². The van der Waals surface area contributed by atoms with Gasteiger partial charge in [0.1, 0.15) is 4.32 Å². The van der Waals surface area contributed by atoms with Crippen LogP contribution in [0.25, 0.3) is 6.08 Å². The number of nitrogens with one attached hydrogen (secondary N) is 1. The van der Waals surface area contributed by atoms with Crippen LogP contribution in [0.4, 0.5) is 5.69 Å². The largest absolute Gasteiger partial charge is 0.493 e. The number of aryl methyl sites for hydroxylation is 2. The van der Waals surface area contributed by atoms with Crippen LogP contribution in [0.2, 0.25) is 0 Å². The molecule has 37 heavy (non-hydrogen) atoms. The molecule has 6 nitrogen and oxygen atoms in total. The van der Waals surface area contributed by atoms with Gasteiger partial charge in [0.2, 0.25) is 0 Å². The Hall–Kier alpha value is -3.62. The van der Waals surface area contributed by atoms with Crippen LogP contribution in [0.1, 0.15) is 35.2 Å². The minimum Gasteiger partial charge on any atom is -0.493 e. The Morgan fingerprint density at radius 2 is 1.76 bits per heavy atom. The summed E-state index contributed by atoms with van der Waals surface area (Å²) in [4.78, 5) is 27.9. The standard InChI is InChI=1S/C29H28N2O4S2/c1-18-9-8-10-19(2)27(18)30-26(32)17-35-23-14-13-21(15-24(23)34-4)16-25-28(33)31(29(36)37-25)20(3)22-11-6-5-7-12-22/h5-16,20H,17H2,1-4H3,(H,30,32)/b25-16-/t20-/m1/s1. The van der Waals surface area contributed by atoms with E-state index in [1.807, 2.05) is 75.4 Å². The zero-order valence-corrected chi connectivity index (χ0v) is 22.7. The number of carbonyl (C=O) groups excluding carboxylic acids is 2. The summed E-state index contributed by atoms with van der Waals surface area (Å²) in [6.07, 6.45) is 1.79. The number of hydrogen-bond acceptors (Lipinski definition) is 6. The molecule has 0 aromatic heterocycles. The second-order valence-electron chi connectivity index (χ2n) is 8.65. The number of thioether (sulfide) groups is 1. The molecular formula is C29H28N2O4S2. The molecule has 1 heterocycles. The number of nitrogens with zero attached hydrogens (tertiary/aromatic N) is 1. The Morgan fingerprint density at radius 3 is 2.43 bits per heavy atom. The molecule has 0 aliphatic carbocycles. The van der Waals surface area contributed by atoms with Crippen LogP contribution >= 0.6 is 24.0 Å². The SMILES string of the molecule is COc1cc(/C=C2\SC(=S)N([C@H](C)c3ccccc3)C2=O)ccc1OCC(=O)Nc1c(C)cccc1C. The molecule has 1 atom stereocenters. The fourth-order valence-corrected chi connectivity index (χ4v) is 5.49. The van der Waals surface area contributed by atoms with E-state index in [9.17, 15) is 9.59 Å². The van der Waals surface area contributed by atoms with Gasteiger partial charge in [0.05, 0.1) is 18.1 Å². The van der Waals surface area contributed by atoms with Crippen molar-refractivity contribution in [2.75, 3.05) is 19.0 Å². The van der Waals surface area contributed by atoms with Gasteiger partial charge >= 0.3 is 0 Å². The Bertz CT molecular complexity index is 1350. The molecule has 1 fully saturated rings. The van der Waals surface area contributed by atoms with Gasteiger partial charge < -0.3 is 14.8 Å². The summed E-state index contributed by atoms with van der Waals surface area (Å²) in [7, 11) is 1.53. The molecule has 0 spiro atoms. The lowest BCUT2D eigenvalue weighted by Crippen LogP contribution is -2.30. The van der Waals surface area contributed by atoms with Crippen LogP contribution < -0.4 is 14.8 Å². The lowest BCUT2D eigenvalue weighted by molar-refractivity contribution is -0.123. The van der Waals surface area contributed by atoms with E-state index in [0.29, 0.717) is 20.7 Å². The highest BCUT2D eigenvalue weighted by Crippen LogP contribution is 2.39. The first kappa shape index (κ1) is 26.4. The molecule has 3 aromatic carbocycles. The van der Waals surface area contributed by atoms with Gasteiger partial charge in [-0.2, -0.15) is 0 Å². The number of benzene rings is 3. The zero-order chi connectivity index (χ0) is 26.5. The number of ether oxygens (including phenoxy) is 2. The van der Waals surface area contributed by atoms with Gasteiger partial charge in [0.25, 0.3) is 11.8 Å². The number of carbonyl (C=O) groups is 2. The molecule has 0 unspecified atom stereocenters. The summed E-state index contributed by atoms with van der Waals surface area (Å²) in [5.41, 5.74) is 4.54. The Morgan fingerprint density at radius 1 is 1.05 bits per heavy atom. The number of rotatable bonds is 8. The van der Waals surface area contributed by atoms with E-state index < -0.39 is 0 Å². The van der Waals surface area contributed by atoms with Crippen molar-refractivity contribution in [2.24, 2.45) is 0 Å². The van der Waals surface area contributed by atoms with Crippen molar-refractivity contribution in [3.8, 4) is 11.5 Å². The quantitative estimate of drug-likeness (QED) is 0.272. The summed E-state index contributed by atoms with van der Waals surface area (Å²) in [5.74, 6) is 0.497. The van der Waals surface area contributed by atoms with E-state index in [-0.39, 0.29) is 24.5 Å². The van der Waals surface area contributed by atoms with E-state index in [0.717, 1.165) is 27.9 Å². The van der Waals surface area contributed by atoms with Crippen LogP contribution in [0.5, 0.6) is 11.5 Å². The Balaban J connectivity index is 1.45. The summed E-state index contributed by atoms with van der Waals surface area (Å²) >= 11 is 6.80. The second kappa shape index (κ2) is 11.6. The topological polar surface area (TPSA) is 67.9 Å². The number of methoxy groups -OCH3 is 1. The van der Waals surface area contributed by atoms with Gasteiger partial charge in [-0.3, -0.25) is 14.5 Å². The Labute approximate surface area is 226 Å². The summed E-state index contributed by atoms with van der Waals surface area (Å²) < 4.78 is 11.8. The molecular weight excluding hydrogens is 504 g/mol. The van der Waals surface area contributed by atoms with Crippen molar-refractivity contribution in [2.45, 2.75) is 26.8 Å². The van der Waals surface area contributed by atoms with E-state index in [2.05, 4.69) is 5.32 Å². The lowest BCUT2D eigenvalue weighted by atomic mass is 10.1. The van der Waals surface area contributed by atoms with Crippen LogP contribution in [0, 0.1) is 13.8 Å². The van der Waals surface area contributed by atoms with Crippen molar-refractivity contribution in [1.29, 1.82) is 0 Å². The van der Waals surface area contributed by atoms with Crippen molar-refractivity contribution >= 4 is 51.9 Å². The third-order valence-corrected chi connectivity index (χ3v) is 7.41. The van der Waals surface area contributed by atoms with Crippen molar-refractivity contribution < 1.29 is 19.1 Å². The highest BCUT2D eigenvalue weighted by Gasteiger charge is 2.35. The maximum atomic E-state index is 13.2. The molecule has 1 N–H and O–H groups in total. The third kappa shape index (κ3) is 6.03. The van der Waals surface area contributed by atoms with Crippen molar-refractivity contribution in [3.63, 3.8) is 0 Å². The summed E-state index contributed by atoms with van der Waals surface area (Å²) in [6.45, 7) is 5.69. The zero-order valence-electron chi connectivity index (χ0n) is 21.1. The summed E-state index contributed by atoms with van der Waals surface area (Å²) in [5, 5.41) is 2.91. The maximum Gasteiger partial charge on any atom is 0.266 e. The number of para-hydroxylation sites is 1. The molecule has 4 rings (SSSR count). The molecule has 1 aliphatic rings. The number of hydrogen-bond donors (Lipinski definition) is 1. The number of amides is 2. The molecule has 1 aliphatic heterocycles. The van der Waals surface area contributed by atoms with Gasteiger partial charge in [0.15, 0.2) is 18.1 Å². The molecule has 190 valence electrons. The molecule has 0 bridgehead atoms. The second-order valence-corrected chi connectivity index (χ2v) is 10.3. The average molecular weight is 533 g/mol. The van der Waals surface area contributed by atoms with Gasteiger partial charge in [-0.05, 0) is 61.2 Å². The monoisotopic (exact) mass is 532 g/mol. The number of thiocarbonyl (C=S) groups is 1. The minimum atomic E-state index is -0.264. The highest BCUT2D eigenvalue weighted by molar-refractivity contribution is 8.26. The van der Waals surface area contributed by atoms with Gasteiger partial charge in [-0.15, -0.1) is 0 Å². The predicted molar refractivity (Wildman–Crippen MR) is 153 cm³/mol. The average Bonchev–Trinajstić information content (AvgIpc) is 3.17. The van der Waals surface area contributed by atoms with Crippen molar-refractivity contribution in [3.05, 3.63) is 93.9 Å². The number of anilines is 1. The first-order chi connectivity index (χ1) is 17.8. The Kier molecular flexibility index (Phi) is 8.31. The van der Waals surface area contributed by atoms with Gasteiger partial charge in [-0.1, -0.05) is 78.6 Å². The van der Waals surface area contributed by atoms with E-state index >= 15 is 0 Å². The van der Waals surface area contributed by atoms with Crippen LogP contribution in [-0.4, -0.2) is 34.8 Å². The van der Waals surface area contributed by atoms with Crippen molar-refractivity contribution in [1.82, 2.24) is 4.90 Å². The third-order valence-electron chi connectivity index (χ3n) is 6.08. The van der Waals surface area contributed by atoms with E-state index in [4.69, 9.17) is 21.7 Å². The smallest absolute Gasteiger partial charge is 0.266 e. The lowest BCUT2D eigenvalue weighted by Gasteiger charge is -2.23.